The van der Waals surface area contributed by atoms with E-state index in [2.05, 4.69) is 15.6 Å². The van der Waals surface area contributed by atoms with Gasteiger partial charge < -0.3 is 20.6 Å². The number of amides is 1. The predicted molar refractivity (Wildman–Crippen MR) is 168 cm³/mol. The first-order chi connectivity index (χ1) is 21.5. The van der Waals surface area contributed by atoms with E-state index in [1.807, 2.05) is 82.2 Å². The van der Waals surface area contributed by atoms with E-state index < -0.39 is 18.0 Å². The van der Waals surface area contributed by atoms with Crippen molar-refractivity contribution in [3.8, 4) is 22.6 Å². The molecule has 9 nitrogen and oxygen atoms in total. The maximum absolute atomic E-state index is 14.2. The summed E-state index contributed by atoms with van der Waals surface area (Å²) in [5.41, 5.74) is 5.73. The first-order valence-corrected chi connectivity index (χ1v) is 14.3. The Morgan fingerprint density at radius 2 is 1.75 bits per heavy atom. The highest BCUT2D eigenvalue weighted by Gasteiger charge is 2.23. The second-order valence-electron chi connectivity index (χ2n) is 10.5. The minimum atomic E-state index is -0.586. The lowest BCUT2D eigenvalue weighted by Gasteiger charge is -2.23. The predicted octanol–water partition coefficient (Wildman–Crippen LogP) is 6.51. The van der Waals surface area contributed by atoms with Crippen LogP contribution in [0.25, 0.3) is 28.3 Å². The van der Waals surface area contributed by atoms with Gasteiger partial charge in [0.1, 0.15) is 17.7 Å². The maximum Gasteiger partial charge on any atom is 0.258 e. The molecule has 1 fully saturated rings. The van der Waals surface area contributed by atoms with Crippen LogP contribution in [0.1, 0.15) is 23.2 Å². The fourth-order valence-electron chi connectivity index (χ4n) is 5.52. The highest BCUT2D eigenvalue weighted by molar-refractivity contribution is 6.04. The molecule has 1 aliphatic heterocycles. The van der Waals surface area contributed by atoms with Crippen LogP contribution in [0, 0.1) is 5.82 Å². The largest absolute Gasteiger partial charge is 0.374 e. The molecule has 0 radical (unpaired) electrons. The number of pyridine rings is 1. The summed E-state index contributed by atoms with van der Waals surface area (Å²) in [5, 5.41) is 16.4. The van der Waals surface area contributed by atoms with Crippen molar-refractivity contribution >= 4 is 34.6 Å². The zero-order valence-corrected chi connectivity index (χ0v) is 23.6. The monoisotopic (exact) mass is 585 g/mol. The van der Waals surface area contributed by atoms with Crippen molar-refractivity contribution in [2.75, 3.05) is 22.1 Å². The summed E-state index contributed by atoms with van der Waals surface area (Å²) in [7, 11) is 0. The normalized spacial score (nSPS) is 14.6. The van der Waals surface area contributed by atoms with E-state index in [1.54, 1.807) is 24.4 Å². The molecular formula is C34H28FN7O2. The van der Waals surface area contributed by atoms with Crippen LogP contribution < -0.4 is 15.5 Å². The third-order valence-electron chi connectivity index (χ3n) is 7.60. The number of hydrogen-bond donors (Lipinski definition) is 3. The summed E-state index contributed by atoms with van der Waals surface area (Å²) in [6.07, 6.45) is 4.84. The van der Waals surface area contributed by atoms with Crippen molar-refractivity contribution in [1.29, 1.82) is 0 Å². The van der Waals surface area contributed by atoms with E-state index in [0.29, 0.717) is 23.0 Å². The van der Waals surface area contributed by atoms with Crippen LogP contribution >= 0.6 is 0 Å². The number of benzene rings is 3. The molecule has 3 aromatic heterocycles. The molecule has 1 aliphatic rings. The Balaban J connectivity index is 1.22. The van der Waals surface area contributed by atoms with Gasteiger partial charge in [-0.3, -0.25) is 9.20 Å². The van der Waals surface area contributed by atoms with Gasteiger partial charge in [0.25, 0.3) is 5.91 Å². The van der Waals surface area contributed by atoms with Crippen molar-refractivity contribution in [2.24, 2.45) is 0 Å². The maximum atomic E-state index is 14.2. The fourth-order valence-corrected chi connectivity index (χ4v) is 5.52. The SMILES string of the molecule is O=C(Nc1cccc(-c2nc3ccccn3c2-c2ccnc(Nc3cccc(N4CCCC4O)c3)n2)c1)c1ccccc1F. The van der Waals surface area contributed by atoms with Gasteiger partial charge in [0.05, 0.1) is 22.6 Å². The third kappa shape index (κ3) is 5.34. The molecule has 1 saturated heterocycles. The summed E-state index contributed by atoms with van der Waals surface area (Å²) >= 11 is 0. The summed E-state index contributed by atoms with van der Waals surface area (Å²) < 4.78 is 16.2. The van der Waals surface area contributed by atoms with Gasteiger partial charge in [-0.15, -0.1) is 0 Å². The minimum Gasteiger partial charge on any atom is -0.374 e. The average molecular weight is 586 g/mol. The molecule has 1 unspecified atom stereocenters. The van der Waals surface area contributed by atoms with E-state index in [-0.39, 0.29) is 5.56 Å². The molecular weight excluding hydrogens is 557 g/mol. The number of nitrogens with zero attached hydrogens (tertiary/aromatic N) is 5. The van der Waals surface area contributed by atoms with E-state index in [0.717, 1.165) is 47.7 Å². The van der Waals surface area contributed by atoms with Gasteiger partial charge in [-0.1, -0.05) is 36.4 Å². The molecule has 7 rings (SSSR count). The average Bonchev–Trinajstić information content (AvgIpc) is 3.65. The lowest BCUT2D eigenvalue weighted by atomic mass is 10.1. The second kappa shape index (κ2) is 11.6. The number of carbonyl (C=O) groups excluding carboxylic acids is 1. The summed E-state index contributed by atoms with van der Waals surface area (Å²) in [4.78, 5) is 29.0. The molecule has 10 heteroatoms. The quantitative estimate of drug-likeness (QED) is 0.196. The van der Waals surface area contributed by atoms with Crippen LogP contribution in [-0.2, 0) is 0 Å². The number of imidazole rings is 1. The van der Waals surface area contributed by atoms with Crippen LogP contribution in [0.2, 0.25) is 0 Å². The molecule has 44 heavy (non-hydrogen) atoms. The third-order valence-corrected chi connectivity index (χ3v) is 7.60. The molecule has 0 saturated carbocycles. The van der Waals surface area contributed by atoms with Crippen LogP contribution in [0.3, 0.4) is 0 Å². The minimum absolute atomic E-state index is 0.0329. The van der Waals surface area contributed by atoms with Gasteiger partial charge >= 0.3 is 0 Å². The Kier molecular flexibility index (Phi) is 7.17. The standard InChI is InChI=1S/C34H28FN7O2/c35-27-13-2-1-12-26(27)33(44)37-23-9-5-8-22(20-23)31-32(42-18-4-3-14-29(42)40-31)28-16-17-36-34(39-28)38-24-10-6-11-25(21-24)41-19-7-15-30(41)43/h1-6,8-14,16-18,20-21,30,43H,7,15,19H2,(H,37,44)(H,36,38,39). The Bertz CT molecular complexity index is 1990. The van der Waals surface area contributed by atoms with E-state index in [4.69, 9.17) is 9.97 Å². The number of aromatic nitrogens is 4. The van der Waals surface area contributed by atoms with E-state index in [1.165, 1.54) is 12.1 Å². The number of aliphatic hydroxyl groups is 1. The molecule has 3 N–H and O–H groups in total. The first kappa shape index (κ1) is 27.2. The number of anilines is 4. The van der Waals surface area contributed by atoms with Crippen molar-refractivity contribution in [3.63, 3.8) is 0 Å². The Labute approximate surface area is 252 Å². The molecule has 1 amide bonds. The highest BCUT2D eigenvalue weighted by Crippen LogP contribution is 2.34. The summed E-state index contributed by atoms with van der Waals surface area (Å²) in [6.45, 7) is 0.807. The number of rotatable bonds is 7. The van der Waals surface area contributed by atoms with Crippen molar-refractivity contribution in [1.82, 2.24) is 19.4 Å². The Hall–Kier alpha value is -5.61. The molecule has 6 aromatic rings. The van der Waals surface area contributed by atoms with Crippen molar-refractivity contribution in [2.45, 2.75) is 19.1 Å². The van der Waals surface area contributed by atoms with Crippen molar-refractivity contribution < 1.29 is 14.3 Å². The van der Waals surface area contributed by atoms with Gasteiger partial charge in [-0.05, 0) is 73.5 Å². The molecule has 0 aliphatic carbocycles. The Morgan fingerprint density at radius 3 is 2.61 bits per heavy atom. The molecule has 218 valence electrons. The first-order valence-electron chi connectivity index (χ1n) is 14.3. The number of halogens is 1. The molecule has 0 bridgehead atoms. The molecule has 3 aromatic carbocycles. The Morgan fingerprint density at radius 1 is 0.909 bits per heavy atom. The van der Waals surface area contributed by atoms with Gasteiger partial charge in [0.15, 0.2) is 0 Å². The number of carbonyl (C=O) groups is 1. The van der Waals surface area contributed by atoms with Crippen LogP contribution in [0.5, 0.6) is 0 Å². The summed E-state index contributed by atoms with van der Waals surface area (Å²) in [6, 6.07) is 28.6. The van der Waals surface area contributed by atoms with Gasteiger partial charge in [0, 0.05) is 41.6 Å². The number of fused-ring (bicyclic) bond motifs is 1. The van der Waals surface area contributed by atoms with Crippen LogP contribution in [-0.4, -0.2) is 43.1 Å². The second-order valence-corrected chi connectivity index (χ2v) is 10.5. The molecule has 1 atom stereocenters. The summed E-state index contributed by atoms with van der Waals surface area (Å²) in [5.74, 6) is -0.716. The lowest BCUT2D eigenvalue weighted by Crippen LogP contribution is -2.28. The van der Waals surface area contributed by atoms with E-state index in [9.17, 15) is 14.3 Å². The van der Waals surface area contributed by atoms with E-state index >= 15 is 0 Å². The number of nitrogens with one attached hydrogen (secondary N) is 2. The number of hydrogen-bond acceptors (Lipinski definition) is 7. The van der Waals surface area contributed by atoms with Gasteiger partial charge in [-0.25, -0.2) is 19.3 Å². The fraction of sp³-hybridized carbons (Fsp3) is 0.118. The zero-order chi connectivity index (χ0) is 30.0. The topological polar surface area (TPSA) is 108 Å². The zero-order valence-electron chi connectivity index (χ0n) is 23.6. The highest BCUT2D eigenvalue weighted by atomic mass is 19.1. The molecule has 0 spiro atoms. The van der Waals surface area contributed by atoms with Crippen LogP contribution in [0.4, 0.5) is 27.4 Å². The van der Waals surface area contributed by atoms with Gasteiger partial charge in [0.2, 0.25) is 5.95 Å². The lowest BCUT2D eigenvalue weighted by molar-refractivity contribution is 0.102. The van der Waals surface area contributed by atoms with Crippen LogP contribution in [0.15, 0.2) is 109 Å². The van der Waals surface area contributed by atoms with Gasteiger partial charge in [-0.2, -0.15) is 0 Å². The molecule has 4 heterocycles. The number of aliphatic hydroxyl groups excluding tert-OH is 1. The smallest absolute Gasteiger partial charge is 0.258 e. The van der Waals surface area contributed by atoms with Crippen molar-refractivity contribution in [3.05, 3.63) is 121 Å².